The Morgan fingerprint density at radius 3 is 2.42 bits per heavy atom. The van der Waals surface area contributed by atoms with Gasteiger partial charge in [0.2, 0.25) is 16.8 Å². The van der Waals surface area contributed by atoms with Crippen molar-refractivity contribution in [2.24, 2.45) is 0 Å². The number of carbonyl (C=O) groups excluding carboxylic acids is 1. The molecule has 0 saturated heterocycles. The van der Waals surface area contributed by atoms with E-state index in [1.807, 2.05) is 0 Å². The molecule has 3 rings (SSSR count). The Balaban J connectivity index is 1.80. The van der Waals surface area contributed by atoms with Gasteiger partial charge >= 0.3 is 0 Å². The summed E-state index contributed by atoms with van der Waals surface area (Å²) in [4.78, 5) is 11.4. The van der Waals surface area contributed by atoms with Gasteiger partial charge in [-0.3, -0.25) is 4.79 Å². The summed E-state index contributed by atoms with van der Waals surface area (Å²) in [6, 6.07) is 11.3. The second-order valence-corrected chi connectivity index (χ2v) is 7.57. The number of sulfonamides is 1. The Labute approximate surface area is 140 Å². The van der Waals surface area contributed by atoms with Crippen LogP contribution in [0.4, 0.5) is 0 Å². The molecular weight excluding hydrogens is 330 g/mol. The van der Waals surface area contributed by atoms with Crippen molar-refractivity contribution in [3.63, 3.8) is 0 Å². The van der Waals surface area contributed by atoms with E-state index < -0.39 is 10.0 Å². The quantitative estimate of drug-likeness (QED) is 0.777. The molecule has 0 amide bonds. The number of benzene rings is 2. The standard InChI is InChI=1S/C17H17NO5S/c1-12(19)14-4-6-15(7-5-14)24(20,21)18(2)10-13-3-8-16-17(9-13)23-11-22-16/h3-9H,10-11H2,1-2H3. The highest BCUT2D eigenvalue weighted by atomic mass is 32.2. The van der Waals surface area contributed by atoms with Crippen molar-refractivity contribution in [2.75, 3.05) is 13.8 Å². The fraction of sp³-hybridized carbons (Fsp3) is 0.235. The number of ether oxygens (including phenoxy) is 2. The molecule has 0 unspecified atom stereocenters. The van der Waals surface area contributed by atoms with E-state index in [0.29, 0.717) is 17.1 Å². The molecular formula is C17H17NO5S. The summed E-state index contributed by atoms with van der Waals surface area (Å²) in [5.74, 6) is 1.17. The Bertz CT molecular complexity index is 874. The first-order valence-electron chi connectivity index (χ1n) is 7.34. The minimum absolute atomic E-state index is 0.104. The highest BCUT2D eigenvalue weighted by molar-refractivity contribution is 7.89. The molecule has 0 aliphatic carbocycles. The molecule has 126 valence electrons. The zero-order valence-electron chi connectivity index (χ0n) is 13.4. The zero-order chi connectivity index (χ0) is 17.3. The monoisotopic (exact) mass is 347 g/mol. The molecule has 2 aromatic rings. The fourth-order valence-corrected chi connectivity index (χ4v) is 3.58. The predicted molar refractivity (Wildman–Crippen MR) is 87.7 cm³/mol. The van der Waals surface area contributed by atoms with Crippen molar-refractivity contribution in [3.8, 4) is 11.5 Å². The first-order chi connectivity index (χ1) is 11.4. The number of hydrogen-bond donors (Lipinski definition) is 0. The van der Waals surface area contributed by atoms with Gasteiger partial charge in [0.15, 0.2) is 17.3 Å². The summed E-state index contributed by atoms with van der Waals surface area (Å²) in [5, 5.41) is 0. The SMILES string of the molecule is CC(=O)c1ccc(S(=O)(=O)N(C)Cc2ccc3c(c2)OCO3)cc1. The second kappa shape index (κ2) is 6.26. The first-order valence-corrected chi connectivity index (χ1v) is 8.78. The van der Waals surface area contributed by atoms with E-state index in [0.717, 1.165) is 5.56 Å². The molecule has 1 heterocycles. The van der Waals surface area contributed by atoms with E-state index >= 15 is 0 Å². The van der Waals surface area contributed by atoms with Crippen LogP contribution in [0.2, 0.25) is 0 Å². The maximum Gasteiger partial charge on any atom is 0.243 e. The van der Waals surface area contributed by atoms with Crippen molar-refractivity contribution in [3.05, 3.63) is 53.6 Å². The second-order valence-electron chi connectivity index (χ2n) is 5.53. The summed E-state index contributed by atoms with van der Waals surface area (Å²) in [5.41, 5.74) is 1.28. The van der Waals surface area contributed by atoms with Crippen LogP contribution in [0.1, 0.15) is 22.8 Å². The number of rotatable bonds is 5. The maximum atomic E-state index is 12.6. The van der Waals surface area contributed by atoms with Crippen LogP contribution in [0.15, 0.2) is 47.4 Å². The molecule has 0 atom stereocenters. The van der Waals surface area contributed by atoms with Crippen molar-refractivity contribution < 1.29 is 22.7 Å². The van der Waals surface area contributed by atoms with Crippen LogP contribution < -0.4 is 9.47 Å². The topological polar surface area (TPSA) is 72.9 Å². The molecule has 1 aliphatic rings. The van der Waals surface area contributed by atoms with Gasteiger partial charge < -0.3 is 9.47 Å². The van der Waals surface area contributed by atoms with E-state index in [9.17, 15) is 13.2 Å². The molecule has 1 aliphatic heterocycles. The maximum absolute atomic E-state index is 12.6. The van der Waals surface area contributed by atoms with Crippen molar-refractivity contribution in [1.29, 1.82) is 0 Å². The van der Waals surface area contributed by atoms with Crippen LogP contribution >= 0.6 is 0 Å². The predicted octanol–water partition coefficient (Wildman–Crippen LogP) is 2.44. The van der Waals surface area contributed by atoms with Gasteiger partial charge in [0.25, 0.3) is 0 Å². The summed E-state index contributed by atoms with van der Waals surface area (Å²) in [6.45, 7) is 1.82. The summed E-state index contributed by atoms with van der Waals surface area (Å²) < 4.78 is 37.1. The van der Waals surface area contributed by atoms with Gasteiger partial charge in [0.1, 0.15) is 0 Å². The highest BCUT2D eigenvalue weighted by Crippen LogP contribution is 2.33. The van der Waals surface area contributed by atoms with E-state index in [-0.39, 0.29) is 24.0 Å². The van der Waals surface area contributed by atoms with Crippen molar-refractivity contribution >= 4 is 15.8 Å². The third kappa shape index (κ3) is 3.13. The Morgan fingerprint density at radius 2 is 1.75 bits per heavy atom. The van der Waals surface area contributed by atoms with Crippen LogP contribution in [0, 0.1) is 0 Å². The molecule has 7 heteroatoms. The van der Waals surface area contributed by atoms with Crippen LogP contribution in [0.5, 0.6) is 11.5 Å². The smallest absolute Gasteiger partial charge is 0.243 e. The number of hydrogen-bond acceptors (Lipinski definition) is 5. The van der Waals surface area contributed by atoms with E-state index in [2.05, 4.69) is 0 Å². The van der Waals surface area contributed by atoms with E-state index in [1.54, 1.807) is 18.2 Å². The van der Waals surface area contributed by atoms with Crippen LogP contribution in [-0.2, 0) is 16.6 Å². The normalized spacial score (nSPS) is 13.3. The third-order valence-electron chi connectivity index (χ3n) is 3.81. The molecule has 0 bridgehead atoms. The Kier molecular flexibility index (Phi) is 4.29. The van der Waals surface area contributed by atoms with Gasteiger partial charge in [0, 0.05) is 19.2 Å². The lowest BCUT2D eigenvalue weighted by molar-refractivity contribution is 0.101. The Hall–Kier alpha value is -2.38. The number of ketones is 1. The molecule has 2 aromatic carbocycles. The van der Waals surface area contributed by atoms with Gasteiger partial charge in [-0.25, -0.2) is 8.42 Å². The number of carbonyl (C=O) groups is 1. The zero-order valence-corrected chi connectivity index (χ0v) is 14.2. The molecule has 6 nitrogen and oxygen atoms in total. The lowest BCUT2D eigenvalue weighted by atomic mass is 10.2. The largest absolute Gasteiger partial charge is 0.454 e. The molecule has 0 spiro atoms. The Morgan fingerprint density at radius 1 is 1.08 bits per heavy atom. The molecule has 0 saturated carbocycles. The highest BCUT2D eigenvalue weighted by Gasteiger charge is 2.22. The lowest BCUT2D eigenvalue weighted by Gasteiger charge is -2.17. The molecule has 0 aromatic heterocycles. The van der Waals surface area contributed by atoms with Gasteiger partial charge in [-0.05, 0) is 36.8 Å². The number of Topliss-reactive ketones (excluding diaryl/α,β-unsaturated/α-hetero) is 1. The first kappa shape index (κ1) is 16.5. The lowest BCUT2D eigenvalue weighted by Crippen LogP contribution is -2.26. The molecule has 0 N–H and O–H groups in total. The molecule has 24 heavy (non-hydrogen) atoms. The number of fused-ring (bicyclic) bond motifs is 1. The minimum Gasteiger partial charge on any atom is -0.454 e. The van der Waals surface area contributed by atoms with Crippen LogP contribution in [0.3, 0.4) is 0 Å². The molecule has 0 fully saturated rings. The summed E-state index contributed by atoms with van der Waals surface area (Å²) in [6.07, 6.45) is 0. The average molecular weight is 347 g/mol. The molecule has 0 radical (unpaired) electrons. The summed E-state index contributed by atoms with van der Waals surface area (Å²) >= 11 is 0. The third-order valence-corrected chi connectivity index (χ3v) is 5.63. The van der Waals surface area contributed by atoms with Gasteiger partial charge in [-0.2, -0.15) is 4.31 Å². The summed E-state index contributed by atoms with van der Waals surface area (Å²) in [7, 11) is -2.13. The minimum atomic E-state index is -3.64. The van der Waals surface area contributed by atoms with Crippen LogP contribution in [-0.4, -0.2) is 32.3 Å². The van der Waals surface area contributed by atoms with Gasteiger partial charge in [0.05, 0.1) is 4.90 Å². The van der Waals surface area contributed by atoms with Gasteiger partial charge in [-0.1, -0.05) is 18.2 Å². The van der Waals surface area contributed by atoms with Crippen LogP contribution in [0.25, 0.3) is 0 Å². The fourth-order valence-electron chi connectivity index (χ4n) is 2.42. The van der Waals surface area contributed by atoms with E-state index in [1.165, 1.54) is 42.5 Å². The number of nitrogens with zero attached hydrogens (tertiary/aromatic N) is 1. The van der Waals surface area contributed by atoms with Crippen molar-refractivity contribution in [2.45, 2.75) is 18.4 Å². The average Bonchev–Trinajstić information content (AvgIpc) is 3.02. The van der Waals surface area contributed by atoms with Crippen molar-refractivity contribution in [1.82, 2.24) is 4.31 Å². The van der Waals surface area contributed by atoms with Gasteiger partial charge in [-0.15, -0.1) is 0 Å². The van der Waals surface area contributed by atoms with E-state index in [4.69, 9.17) is 9.47 Å².